The molecule has 0 bridgehead atoms. The number of aromatic nitrogens is 3. The van der Waals surface area contributed by atoms with E-state index in [1.807, 2.05) is 60.6 Å². The maximum absolute atomic E-state index is 12.7. The molecular weight excluding hydrogens is 352 g/mol. The molecule has 6 nitrogen and oxygen atoms in total. The number of aryl methyl sites for hydroxylation is 1. The number of carbonyl (C=O) groups excluding carboxylic acids is 1. The van der Waals surface area contributed by atoms with Crippen LogP contribution in [0, 0.1) is 0 Å². The van der Waals surface area contributed by atoms with Crippen molar-refractivity contribution in [1.29, 1.82) is 0 Å². The lowest BCUT2D eigenvalue weighted by Gasteiger charge is -2.37. The van der Waals surface area contributed by atoms with E-state index in [-0.39, 0.29) is 11.8 Å². The molecule has 0 aliphatic carbocycles. The van der Waals surface area contributed by atoms with Crippen LogP contribution in [-0.2, 0) is 18.3 Å². The Labute approximate surface area is 162 Å². The highest BCUT2D eigenvalue weighted by molar-refractivity contribution is 5.89. The third-order valence-corrected chi connectivity index (χ3v) is 5.38. The average molecular weight is 372 g/mol. The Morgan fingerprint density at radius 3 is 2.68 bits per heavy atom. The van der Waals surface area contributed by atoms with Crippen molar-refractivity contribution in [2.75, 3.05) is 13.1 Å². The number of nitrogens with zero attached hydrogens (tertiary/aromatic N) is 4. The molecule has 1 aliphatic rings. The molecule has 0 saturated carbocycles. The molecule has 1 fully saturated rings. The van der Waals surface area contributed by atoms with Crippen molar-refractivity contribution >= 4 is 16.8 Å². The highest BCUT2D eigenvalue weighted by atomic mass is 16.5. The smallest absolute Gasteiger partial charge is 0.233 e. The number of benzene rings is 2. The molecule has 6 heteroatoms. The van der Waals surface area contributed by atoms with Crippen LogP contribution >= 0.6 is 0 Å². The molecule has 1 aliphatic heterocycles. The van der Waals surface area contributed by atoms with Crippen LogP contribution in [0.3, 0.4) is 0 Å². The summed E-state index contributed by atoms with van der Waals surface area (Å²) in [6.07, 6.45) is 2.46. The van der Waals surface area contributed by atoms with Crippen LogP contribution in [0.5, 0.6) is 0 Å². The summed E-state index contributed by atoms with van der Waals surface area (Å²) in [6.45, 7) is 1.25. The molecule has 0 N–H and O–H groups in total. The fraction of sp³-hybridized carbons (Fsp3) is 0.227. The lowest BCUT2D eigenvalue weighted by molar-refractivity contribution is -0.135. The minimum Gasteiger partial charge on any atom is -0.350 e. The molecule has 2 aromatic carbocycles. The van der Waals surface area contributed by atoms with Gasteiger partial charge in [0.05, 0.1) is 12.3 Å². The van der Waals surface area contributed by atoms with Crippen LogP contribution < -0.4 is 0 Å². The molecule has 1 amide bonds. The van der Waals surface area contributed by atoms with Gasteiger partial charge in [-0.2, -0.15) is 4.98 Å². The second-order valence-corrected chi connectivity index (χ2v) is 7.28. The molecule has 0 radical (unpaired) electrons. The summed E-state index contributed by atoms with van der Waals surface area (Å²) < 4.78 is 7.50. The highest BCUT2D eigenvalue weighted by Crippen LogP contribution is 2.29. The SMILES string of the molecule is Cn1cc(CC(=O)N2CC(c3nc(-c4ccccc4)no3)C2)c2ccccc21. The summed E-state index contributed by atoms with van der Waals surface area (Å²) in [6, 6.07) is 17.9. The first-order chi connectivity index (χ1) is 13.7. The van der Waals surface area contributed by atoms with Crippen LogP contribution in [-0.4, -0.2) is 38.6 Å². The molecule has 2 aromatic heterocycles. The number of amides is 1. The zero-order valence-electron chi connectivity index (χ0n) is 15.6. The summed E-state index contributed by atoms with van der Waals surface area (Å²) in [7, 11) is 2.01. The zero-order valence-corrected chi connectivity index (χ0v) is 15.6. The van der Waals surface area contributed by atoms with E-state index in [4.69, 9.17) is 4.52 Å². The van der Waals surface area contributed by atoms with Crippen molar-refractivity contribution in [3.8, 4) is 11.4 Å². The van der Waals surface area contributed by atoms with Gasteiger partial charge in [0.2, 0.25) is 17.6 Å². The monoisotopic (exact) mass is 372 g/mol. The number of likely N-dealkylation sites (tertiary alicyclic amines) is 1. The van der Waals surface area contributed by atoms with Gasteiger partial charge in [-0.1, -0.05) is 53.7 Å². The summed E-state index contributed by atoms with van der Waals surface area (Å²) >= 11 is 0. The summed E-state index contributed by atoms with van der Waals surface area (Å²) in [4.78, 5) is 19.1. The molecule has 5 rings (SSSR count). The van der Waals surface area contributed by atoms with Crippen LogP contribution in [0.15, 0.2) is 65.3 Å². The van der Waals surface area contributed by atoms with Crippen molar-refractivity contribution in [2.24, 2.45) is 7.05 Å². The maximum atomic E-state index is 12.7. The van der Waals surface area contributed by atoms with Gasteiger partial charge in [0, 0.05) is 42.8 Å². The Bertz CT molecular complexity index is 1140. The number of fused-ring (bicyclic) bond motifs is 1. The number of rotatable bonds is 4. The molecule has 0 unspecified atom stereocenters. The normalized spacial score (nSPS) is 14.4. The van der Waals surface area contributed by atoms with Gasteiger partial charge in [-0.05, 0) is 11.6 Å². The first kappa shape index (κ1) is 16.7. The Balaban J connectivity index is 1.24. The lowest BCUT2D eigenvalue weighted by atomic mass is 9.98. The maximum Gasteiger partial charge on any atom is 0.233 e. The molecule has 4 aromatic rings. The molecule has 28 heavy (non-hydrogen) atoms. The Morgan fingerprint density at radius 1 is 1.11 bits per heavy atom. The Kier molecular flexibility index (Phi) is 3.97. The van der Waals surface area contributed by atoms with E-state index in [0.717, 1.165) is 22.0 Å². The van der Waals surface area contributed by atoms with E-state index in [0.29, 0.717) is 31.2 Å². The molecule has 0 atom stereocenters. The second-order valence-electron chi connectivity index (χ2n) is 7.28. The third kappa shape index (κ3) is 2.87. The molecule has 140 valence electrons. The fourth-order valence-corrected chi connectivity index (χ4v) is 3.79. The highest BCUT2D eigenvalue weighted by Gasteiger charge is 2.35. The first-order valence-electron chi connectivity index (χ1n) is 9.39. The summed E-state index contributed by atoms with van der Waals surface area (Å²) in [5, 5.41) is 5.21. The van der Waals surface area contributed by atoms with Crippen molar-refractivity contribution in [3.05, 3.63) is 72.2 Å². The molecular formula is C22H20N4O2. The number of hydrogen-bond acceptors (Lipinski definition) is 4. The zero-order chi connectivity index (χ0) is 19.1. The molecule has 3 heterocycles. The minimum absolute atomic E-state index is 0.112. The Morgan fingerprint density at radius 2 is 1.86 bits per heavy atom. The first-order valence-corrected chi connectivity index (χ1v) is 9.39. The van der Waals surface area contributed by atoms with Crippen LogP contribution in [0.2, 0.25) is 0 Å². The predicted molar refractivity (Wildman–Crippen MR) is 106 cm³/mol. The van der Waals surface area contributed by atoms with Gasteiger partial charge in [-0.15, -0.1) is 0 Å². The summed E-state index contributed by atoms with van der Waals surface area (Å²) in [5.41, 5.74) is 3.14. The summed E-state index contributed by atoms with van der Waals surface area (Å²) in [5.74, 6) is 1.45. The largest absolute Gasteiger partial charge is 0.350 e. The number of para-hydroxylation sites is 1. The van der Waals surface area contributed by atoms with Gasteiger partial charge < -0.3 is 14.0 Å². The average Bonchev–Trinajstić information content (AvgIpc) is 3.28. The van der Waals surface area contributed by atoms with Gasteiger partial charge in [0.25, 0.3) is 0 Å². The van der Waals surface area contributed by atoms with Crippen LogP contribution in [0.4, 0.5) is 0 Å². The van der Waals surface area contributed by atoms with Crippen molar-refractivity contribution < 1.29 is 9.32 Å². The van der Waals surface area contributed by atoms with Crippen molar-refractivity contribution in [2.45, 2.75) is 12.3 Å². The third-order valence-electron chi connectivity index (χ3n) is 5.38. The van der Waals surface area contributed by atoms with E-state index in [1.165, 1.54) is 0 Å². The minimum atomic E-state index is 0.112. The van der Waals surface area contributed by atoms with E-state index < -0.39 is 0 Å². The van der Waals surface area contributed by atoms with E-state index in [9.17, 15) is 4.79 Å². The van der Waals surface area contributed by atoms with E-state index in [1.54, 1.807) is 0 Å². The van der Waals surface area contributed by atoms with Gasteiger partial charge in [-0.25, -0.2) is 0 Å². The Hall–Kier alpha value is -3.41. The number of hydrogen-bond donors (Lipinski definition) is 0. The van der Waals surface area contributed by atoms with Crippen molar-refractivity contribution in [3.63, 3.8) is 0 Å². The van der Waals surface area contributed by atoms with Gasteiger partial charge in [-0.3, -0.25) is 4.79 Å². The van der Waals surface area contributed by atoms with Gasteiger partial charge >= 0.3 is 0 Å². The fourth-order valence-electron chi connectivity index (χ4n) is 3.79. The second kappa shape index (κ2) is 6.64. The standard InChI is InChI=1S/C22H20N4O2/c1-25-12-16(18-9-5-6-10-19(18)25)11-20(27)26-13-17(14-26)22-23-21(24-28-22)15-7-3-2-4-8-15/h2-10,12,17H,11,13-14H2,1H3. The van der Waals surface area contributed by atoms with Crippen LogP contribution in [0.1, 0.15) is 17.4 Å². The van der Waals surface area contributed by atoms with Crippen LogP contribution in [0.25, 0.3) is 22.3 Å². The quantitative estimate of drug-likeness (QED) is 0.551. The van der Waals surface area contributed by atoms with Crippen molar-refractivity contribution in [1.82, 2.24) is 19.6 Å². The van der Waals surface area contributed by atoms with E-state index in [2.05, 4.69) is 26.8 Å². The van der Waals surface area contributed by atoms with Gasteiger partial charge in [0.15, 0.2) is 0 Å². The number of carbonyl (C=O) groups is 1. The van der Waals surface area contributed by atoms with E-state index >= 15 is 0 Å². The topological polar surface area (TPSA) is 64.2 Å². The predicted octanol–water partition coefficient (Wildman–Crippen LogP) is 3.40. The molecule has 0 spiro atoms. The molecule has 1 saturated heterocycles. The van der Waals surface area contributed by atoms with Gasteiger partial charge in [0.1, 0.15) is 0 Å². The lowest BCUT2D eigenvalue weighted by Crippen LogP contribution is -2.49.